The summed E-state index contributed by atoms with van der Waals surface area (Å²) in [5.74, 6) is -0.499. The number of aryl methyl sites for hydroxylation is 1. The van der Waals surface area contributed by atoms with Crippen LogP contribution < -0.4 is 5.32 Å². The molecule has 0 atom stereocenters. The molecule has 0 aromatic heterocycles. The van der Waals surface area contributed by atoms with E-state index in [1.807, 2.05) is 19.1 Å². The zero-order valence-corrected chi connectivity index (χ0v) is 13.2. The van der Waals surface area contributed by atoms with Gasteiger partial charge in [0.25, 0.3) is 0 Å². The molecule has 2 aromatic carbocycles. The van der Waals surface area contributed by atoms with E-state index in [1.165, 1.54) is 12.1 Å². The van der Waals surface area contributed by atoms with Gasteiger partial charge in [0.15, 0.2) is 9.84 Å². The largest absolute Gasteiger partial charge is 0.379 e. The van der Waals surface area contributed by atoms with Gasteiger partial charge in [0, 0.05) is 17.8 Å². The third kappa shape index (κ3) is 3.95. The summed E-state index contributed by atoms with van der Waals surface area (Å²) in [6.07, 6.45) is 1.09. The molecule has 6 heteroatoms. The predicted octanol–water partition coefficient (Wildman–Crippen LogP) is 3.80. The SMILES string of the molecule is Cc1ccc(CNc2cc(S(C)(=O)=O)ccc2F)cc1Cl. The van der Waals surface area contributed by atoms with E-state index in [1.54, 1.807) is 6.07 Å². The minimum Gasteiger partial charge on any atom is -0.379 e. The maximum absolute atomic E-state index is 13.7. The Morgan fingerprint density at radius 2 is 1.90 bits per heavy atom. The predicted molar refractivity (Wildman–Crippen MR) is 83.0 cm³/mol. The normalized spacial score (nSPS) is 11.4. The molecule has 0 aliphatic heterocycles. The van der Waals surface area contributed by atoms with Crippen molar-refractivity contribution in [2.24, 2.45) is 0 Å². The summed E-state index contributed by atoms with van der Waals surface area (Å²) in [5, 5.41) is 3.53. The molecule has 0 saturated heterocycles. The van der Waals surface area contributed by atoms with Crippen molar-refractivity contribution in [3.8, 4) is 0 Å². The molecule has 0 radical (unpaired) electrons. The molecule has 0 amide bonds. The molecule has 0 heterocycles. The van der Waals surface area contributed by atoms with Crippen molar-refractivity contribution in [1.82, 2.24) is 0 Å². The number of nitrogens with one attached hydrogen (secondary N) is 1. The average molecular weight is 328 g/mol. The third-order valence-electron chi connectivity index (χ3n) is 3.09. The lowest BCUT2D eigenvalue weighted by Crippen LogP contribution is -2.04. The summed E-state index contributed by atoms with van der Waals surface area (Å²) >= 11 is 6.03. The molecular weight excluding hydrogens is 313 g/mol. The van der Waals surface area contributed by atoms with Crippen LogP contribution in [-0.2, 0) is 16.4 Å². The van der Waals surface area contributed by atoms with Gasteiger partial charge in [0.05, 0.1) is 10.6 Å². The van der Waals surface area contributed by atoms with E-state index in [0.717, 1.165) is 23.4 Å². The van der Waals surface area contributed by atoms with Crippen LogP contribution in [0.1, 0.15) is 11.1 Å². The quantitative estimate of drug-likeness (QED) is 0.869. The van der Waals surface area contributed by atoms with Crippen molar-refractivity contribution < 1.29 is 12.8 Å². The molecule has 0 aliphatic rings. The Hall–Kier alpha value is -1.59. The number of hydrogen-bond acceptors (Lipinski definition) is 3. The molecular formula is C15H15ClFNO2S. The van der Waals surface area contributed by atoms with Gasteiger partial charge in [-0.25, -0.2) is 12.8 Å². The second kappa shape index (κ2) is 6.03. The van der Waals surface area contributed by atoms with Crippen LogP contribution >= 0.6 is 11.6 Å². The summed E-state index contributed by atoms with van der Waals surface area (Å²) in [4.78, 5) is 0.0772. The van der Waals surface area contributed by atoms with Gasteiger partial charge in [-0.05, 0) is 42.3 Å². The number of sulfone groups is 1. The summed E-state index contributed by atoms with van der Waals surface area (Å²) < 4.78 is 36.7. The molecule has 0 fully saturated rings. The first kappa shape index (κ1) is 15.8. The van der Waals surface area contributed by atoms with Gasteiger partial charge >= 0.3 is 0 Å². The van der Waals surface area contributed by atoms with E-state index in [-0.39, 0.29) is 10.6 Å². The number of rotatable bonds is 4. The lowest BCUT2D eigenvalue weighted by molar-refractivity contribution is 0.600. The Labute approximate surface area is 128 Å². The monoisotopic (exact) mass is 327 g/mol. The van der Waals surface area contributed by atoms with Gasteiger partial charge in [0.1, 0.15) is 5.82 Å². The Morgan fingerprint density at radius 3 is 2.52 bits per heavy atom. The van der Waals surface area contributed by atoms with Gasteiger partial charge in [0.2, 0.25) is 0 Å². The maximum atomic E-state index is 13.7. The molecule has 1 N–H and O–H groups in total. The standard InChI is InChI=1S/C15H15ClFNO2S/c1-10-3-4-11(7-13(10)16)9-18-15-8-12(21(2,19)20)5-6-14(15)17/h3-8,18H,9H2,1-2H3. The fourth-order valence-electron chi connectivity index (χ4n) is 1.81. The highest BCUT2D eigenvalue weighted by molar-refractivity contribution is 7.90. The first-order valence-corrected chi connectivity index (χ1v) is 8.53. The van der Waals surface area contributed by atoms with Crippen molar-refractivity contribution in [3.05, 3.63) is 58.4 Å². The first-order valence-electron chi connectivity index (χ1n) is 6.26. The minimum absolute atomic E-state index is 0.0772. The third-order valence-corrected chi connectivity index (χ3v) is 4.60. The Morgan fingerprint density at radius 1 is 1.19 bits per heavy atom. The van der Waals surface area contributed by atoms with Crippen LogP contribution in [0.2, 0.25) is 5.02 Å². The van der Waals surface area contributed by atoms with Crippen LogP contribution in [-0.4, -0.2) is 14.7 Å². The van der Waals surface area contributed by atoms with E-state index < -0.39 is 15.7 Å². The first-order chi connectivity index (χ1) is 9.77. The van der Waals surface area contributed by atoms with E-state index in [9.17, 15) is 12.8 Å². The van der Waals surface area contributed by atoms with E-state index in [2.05, 4.69) is 5.32 Å². The molecule has 0 unspecified atom stereocenters. The topological polar surface area (TPSA) is 46.2 Å². The van der Waals surface area contributed by atoms with Crippen molar-refractivity contribution in [2.45, 2.75) is 18.4 Å². The highest BCUT2D eigenvalue weighted by Gasteiger charge is 2.11. The molecule has 21 heavy (non-hydrogen) atoms. The Balaban J connectivity index is 2.21. The second-order valence-electron chi connectivity index (χ2n) is 4.85. The van der Waals surface area contributed by atoms with E-state index >= 15 is 0 Å². The van der Waals surface area contributed by atoms with Crippen molar-refractivity contribution in [3.63, 3.8) is 0 Å². The highest BCUT2D eigenvalue weighted by atomic mass is 35.5. The lowest BCUT2D eigenvalue weighted by Gasteiger charge is -2.10. The van der Waals surface area contributed by atoms with Crippen LogP contribution in [0.3, 0.4) is 0 Å². The van der Waals surface area contributed by atoms with Crippen LogP contribution in [0, 0.1) is 12.7 Å². The molecule has 2 rings (SSSR count). The van der Waals surface area contributed by atoms with Gasteiger partial charge < -0.3 is 5.32 Å². The van der Waals surface area contributed by atoms with Gasteiger partial charge in [-0.15, -0.1) is 0 Å². The zero-order valence-electron chi connectivity index (χ0n) is 11.7. The second-order valence-corrected chi connectivity index (χ2v) is 7.27. The van der Waals surface area contributed by atoms with E-state index in [4.69, 9.17) is 11.6 Å². The molecule has 0 spiro atoms. The van der Waals surface area contributed by atoms with Crippen LogP contribution in [0.25, 0.3) is 0 Å². The van der Waals surface area contributed by atoms with Gasteiger partial charge in [-0.1, -0.05) is 23.7 Å². The van der Waals surface area contributed by atoms with Crippen molar-refractivity contribution in [1.29, 1.82) is 0 Å². The fraction of sp³-hybridized carbons (Fsp3) is 0.200. The van der Waals surface area contributed by atoms with Crippen LogP contribution in [0.5, 0.6) is 0 Å². The summed E-state index contributed by atoms with van der Waals surface area (Å²) in [5.41, 5.74) is 2.00. The summed E-state index contributed by atoms with van der Waals surface area (Å²) in [6, 6.07) is 9.23. The van der Waals surface area contributed by atoms with E-state index in [0.29, 0.717) is 11.6 Å². The zero-order chi connectivity index (χ0) is 15.6. The lowest BCUT2D eigenvalue weighted by atomic mass is 10.1. The molecule has 0 bridgehead atoms. The number of hydrogen-bond donors (Lipinski definition) is 1. The highest BCUT2D eigenvalue weighted by Crippen LogP contribution is 2.21. The Bertz CT molecular complexity index is 775. The minimum atomic E-state index is -3.37. The summed E-state index contributed by atoms with van der Waals surface area (Å²) in [6.45, 7) is 2.25. The van der Waals surface area contributed by atoms with Crippen LogP contribution in [0.15, 0.2) is 41.3 Å². The van der Waals surface area contributed by atoms with Crippen molar-refractivity contribution in [2.75, 3.05) is 11.6 Å². The molecule has 112 valence electrons. The summed E-state index contributed by atoms with van der Waals surface area (Å²) in [7, 11) is -3.37. The molecule has 0 aliphatic carbocycles. The molecule has 2 aromatic rings. The number of benzene rings is 2. The van der Waals surface area contributed by atoms with Gasteiger partial charge in [-0.3, -0.25) is 0 Å². The smallest absolute Gasteiger partial charge is 0.175 e. The molecule has 0 saturated carbocycles. The number of anilines is 1. The van der Waals surface area contributed by atoms with Crippen LogP contribution in [0.4, 0.5) is 10.1 Å². The molecule has 3 nitrogen and oxygen atoms in total. The average Bonchev–Trinajstić information content (AvgIpc) is 2.40. The fourth-order valence-corrected chi connectivity index (χ4v) is 2.66. The maximum Gasteiger partial charge on any atom is 0.175 e. The Kier molecular flexibility index (Phi) is 4.54. The van der Waals surface area contributed by atoms with Crippen molar-refractivity contribution >= 4 is 27.1 Å². The van der Waals surface area contributed by atoms with Gasteiger partial charge in [-0.2, -0.15) is 0 Å². The number of halogens is 2.